The Hall–Kier alpha value is -2.33. The number of H-pyrrole nitrogens is 1. The first-order valence-corrected chi connectivity index (χ1v) is 5.82. The number of aryl methyl sites for hydroxylation is 1. The van der Waals surface area contributed by atoms with Crippen LogP contribution in [0.1, 0.15) is 11.3 Å². The molecule has 2 heterocycles. The molecular weight excluding hydrogens is 250 g/mol. The number of hydrogen-bond acceptors (Lipinski definition) is 6. The van der Waals surface area contributed by atoms with Gasteiger partial charge in [0.2, 0.25) is 0 Å². The lowest BCUT2D eigenvalue weighted by atomic mass is 10.2. The number of aromatic nitrogens is 3. The Morgan fingerprint density at radius 3 is 3.00 bits per heavy atom. The fourth-order valence-electron chi connectivity index (χ4n) is 1.32. The smallest absolute Gasteiger partial charge is 0.251 e. The summed E-state index contributed by atoms with van der Waals surface area (Å²) < 4.78 is 0. The number of rotatable bonds is 2. The highest BCUT2D eigenvalue weighted by Gasteiger charge is 2.09. The van der Waals surface area contributed by atoms with Crippen LogP contribution in [0, 0.1) is 18.3 Å². The molecule has 0 unspecified atom stereocenters. The number of nitriles is 1. The van der Waals surface area contributed by atoms with E-state index < -0.39 is 0 Å². The standard InChI is InChI=1S/C11H9N5OS/c1-6-4-8(17)16-11(15-6)18-10-9(13)7(5-12)2-3-14-10/h2-4H,13H2,1H3,(H,15,16,17). The van der Waals surface area contributed by atoms with Crippen molar-refractivity contribution in [2.45, 2.75) is 17.1 Å². The summed E-state index contributed by atoms with van der Waals surface area (Å²) in [6.45, 7) is 1.72. The average Bonchev–Trinajstić information content (AvgIpc) is 2.30. The second-order valence-corrected chi connectivity index (χ2v) is 4.46. The molecule has 6 nitrogen and oxygen atoms in total. The van der Waals surface area contributed by atoms with Crippen molar-refractivity contribution in [3.63, 3.8) is 0 Å². The van der Waals surface area contributed by atoms with Gasteiger partial charge in [-0.2, -0.15) is 5.26 Å². The van der Waals surface area contributed by atoms with Crippen molar-refractivity contribution < 1.29 is 0 Å². The van der Waals surface area contributed by atoms with Gasteiger partial charge in [0.05, 0.1) is 11.3 Å². The van der Waals surface area contributed by atoms with Crippen LogP contribution in [0.2, 0.25) is 0 Å². The quantitative estimate of drug-likeness (QED) is 0.781. The largest absolute Gasteiger partial charge is 0.395 e. The molecule has 0 fully saturated rings. The van der Waals surface area contributed by atoms with Crippen molar-refractivity contribution in [1.29, 1.82) is 5.26 Å². The van der Waals surface area contributed by atoms with E-state index in [1.54, 1.807) is 6.92 Å². The molecule has 0 bridgehead atoms. The maximum Gasteiger partial charge on any atom is 0.251 e. The van der Waals surface area contributed by atoms with E-state index >= 15 is 0 Å². The van der Waals surface area contributed by atoms with Crippen LogP contribution in [0.5, 0.6) is 0 Å². The van der Waals surface area contributed by atoms with Gasteiger partial charge < -0.3 is 10.7 Å². The Bertz CT molecular complexity index is 689. The molecule has 2 aromatic rings. The molecule has 2 rings (SSSR count). The lowest BCUT2D eigenvalue weighted by molar-refractivity contribution is 0.902. The van der Waals surface area contributed by atoms with E-state index in [0.717, 1.165) is 11.8 Å². The fourth-order valence-corrected chi connectivity index (χ4v) is 2.18. The van der Waals surface area contributed by atoms with Gasteiger partial charge in [0.15, 0.2) is 5.16 Å². The van der Waals surface area contributed by atoms with Gasteiger partial charge in [-0.1, -0.05) is 0 Å². The normalized spacial score (nSPS) is 10.0. The number of nitrogens with one attached hydrogen (secondary N) is 1. The first kappa shape index (κ1) is 12.1. The zero-order valence-corrected chi connectivity index (χ0v) is 10.3. The Balaban J connectivity index is 2.40. The maximum atomic E-state index is 11.3. The molecular formula is C11H9N5OS. The van der Waals surface area contributed by atoms with E-state index in [9.17, 15) is 4.79 Å². The number of pyridine rings is 1. The Labute approximate surface area is 107 Å². The van der Waals surface area contributed by atoms with Crippen LogP contribution < -0.4 is 11.3 Å². The molecule has 0 amide bonds. The molecule has 0 saturated heterocycles. The van der Waals surface area contributed by atoms with Crippen LogP contribution in [0.25, 0.3) is 0 Å². The summed E-state index contributed by atoms with van der Waals surface area (Å²) in [6, 6.07) is 4.90. The van der Waals surface area contributed by atoms with Crippen LogP contribution in [-0.4, -0.2) is 15.0 Å². The van der Waals surface area contributed by atoms with E-state index in [0.29, 0.717) is 21.4 Å². The van der Waals surface area contributed by atoms with Crippen molar-refractivity contribution in [3.8, 4) is 6.07 Å². The van der Waals surface area contributed by atoms with Crippen molar-refractivity contribution in [2.75, 3.05) is 5.73 Å². The number of hydrogen-bond donors (Lipinski definition) is 2. The van der Waals surface area contributed by atoms with E-state index in [1.165, 1.54) is 18.3 Å². The predicted molar refractivity (Wildman–Crippen MR) is 67.1 cm³/mol. The van der Waals surface area contributed by atoms with Crippen LogP contribution in [0.4, 0.5) is 5.69 Å². The summed E-state index contributed by atoms with van der Waals surface area (Å²) >= 11 is 1.12. The first-order valence-electron chi connectivity index (χ1n) is 5.00. The molecule has 0 aliphatic rings. The topological polar surface area (TPSA) is 108 Å². The minimum atomic E-state index is -0.236. The van der Waals surface area contributed by atoms with Crippen LogP contribution >= 0.6 is 11.8 Å². The number of nitrogens with two attached hydrogens (primary N) is 1. The second kappa shape index (κ2) is 4.89. The third-order valence-corrected chi connectivity index (χ3v) is 3.02. The van der Waals surface area contributed by atoms with E-state index in [1.807, 2.05) is 6.07 Å². The Morgan fingerprint density at radius 1 is 1.56 bits per heavy atom. The number of nitrogen functional groups attached to an aromatic ring is 1. The van der Waals surface area contributed by atoms with Crippen LogP contribution in [0.15, 0.2) is 33.3 Å². The van der Waals surface area contributed by atoms with Gasteiger partial charge in [0.1, 0.15) is 11.1 Å². The number of nitrogens with zero attached hydrogens (tertiary/aromatic N) is 3. The molecule has 0 saturated carbocycles. The predicted octanol–water partition coefficient (Wildman–Crippen LogP) is 1.08. The molecule has 0 aromatic carbocycles. The molecule has 3 N–H and O–H groups in total. The van der Waals surface area contributed by atoms with Crippen molar-refractivity contribution in [2.24, 2.45) is 0 Å². The molecule has 0 aliphatic heterocycles. The molecule has 0 aliphatic carbocycles. The summed E-state index contributed by atoms with van der Waals surface area (Å²) in [5.74, 6) is 0. The maximum absolute atomic E-state index is 11.3. The van der Waals surface area contributed by atoms with Gasteiger partial charge >= 0.3 is 0 Å². The van der Waals surface area contributed by atoms with Gasteiger partial charge in [-0.05, 0) is 24.8 Å². The fraction of sp³-hybridized carbons (Fsp3) is 0.0909. The van der Waals surface area contributed by atoms with Gasteiger partial charge in [-0.15, -0.1) is 0 Å². The highest BCUT2D eigenvalue weighted by atomic mass is 32.2. The SMILES string of the molecule is Cc1cc(=O)[nH]c(Sc2nccc(C#N)c2N)n1. The molecule has 0 spiro atoms. The first-order chi connectivity index (χ1) is 8.60. The monoisotopic (exact) mass is 259 g/mol. The minimum Gasteiger partial charge on any atom is -0.395 e. The van der Waals surface area contributed by atoms with Crippen molar-refractivity contribution in [1.82, 2.24) is 15.0 Å². The molecule has 0 radical (unpaired) electrons. The number of anilines is 1. The zero-order chi connectivity index (χ0) is 13.1. The number of aromatic amines is 1. The summed E-state index contributed by atoms with van der Waals surface area (Å²) in [7, 11) is 0. The van der Waals surface area contributed by atoms with Crippen LogP contribution in [0.3, 0.4) is 0 Å². The summed E-state index contributed by atoms with van der Waals surface area (Å²) in [6.07, 6.45) is 1.49. The van der Waals surface area contributed by atoms with Gasteiger partial charge in [0.25, 0.3) is 5.56 Å². The van der Waals surface area contributed by atoms with Crippen molar-refractivity contribution >= 4 is 17.4 Å². The summed E-state index contributed by atoms with van der Waals surface area (Å²) in [5, 5.41) is 9.70. The summed E-state index contributed by atoms with van der Waals surface area (Å²) in [4.78, 5) is 22.1. The van der Waals surface area contributed by atoms with Gasteiger partial charge in [-0.3, -0.25) is 4.79 Å². The van der Waals surface area contributed by atoms with Gasteiger partial charge in [-0.25, -0.2) is 9.97 Å². The second-order valence-electron chi connectivity index (χ2n) is 3.48. The average molecular weight is 259 g/mol. The lowest BCUT2D eigenvalue weighted by Gasteiger charge is -2.04. The van der Waals surface area contributed by atoms with E-state index in [-0.39, 0.29) is 11.2 Å². The molecule has 90 valence electrons. The Morgan fingerprint density at radius 2 is 2.33 bits per heavy atom. The van der Waals surface area contributed by atoms with E-state index in [2.05, 4.69) is 15.0 Å². The summed E-state index contributed by atoms with van der Waals surface area (Å²) in [5.41, 5.74) is 6.80. The van der Waals surface area contributed by atoms with Crippen LogP contribution in [-0.2, 0) is 0 Å². The van der Waals surface area contributed by atoms with E-state index in [4.69, 9.17) is 11.0 Å². The molecule has 2 aromatic heterocycles. The molecule has 7 heteroatoms. The Kier molecular flexibility index (Phi) is 3.30. The minimum absolute atomic E-state index is 0.236. The highest BCUT2D eigenvalue weighted by Crippen LogP contribution is 2.28. The highest BCUT2D eigenvalue weighted by molar-refractivity contribution is 7.99. The zero-order valence-electron chi connectivity index (χ0n) is 9.47. The molecule has 18 heavy (non-hydrogen) atoms. The molecule has 0 atom stereocenters. The third kappa shape index (κ3) is 2.49. The lowest BCUT2D eigenvalue weighted by Crippen LogP contribution is -2.08. The van der Waals surface area contributed by atoms with Gasteiger partial charge in [0, 0.05) is 18.0 Å². The van der Waals surface area contributed by atoms with Crippen molar-refractivity contribution in [3.05, 3.63) is 39.9 Å². The third-order valence-electron chi connectivity index (χ3n) is 2.12.